The third-order valence-electron chi connectivity index (χ3n) is 4.10. The molecule has 3 amide bonds. The van der Waals surface area contributed by atoms with Crippen LogP contribution in [0.15, 0.2) is 45.9 Å². The maximum atomic E-state index is 12.3. The molecule has 1 saturated heterocycles. The van der Waals surface area contributed by atoms with Crippen molar-refractivity contribution < 1.29 is 14.0 Å². The third-order valence-corrected chi connectivity index (χ3v) is 4.35. The van der Waals surface area contributed by atoms with E-state index in [0.717, 1.165) is 24.8 Å². The molecule has 7 heteroatoms. The number of hydrogen-bond acceptors (Lipinski definition) is 4. The van der Waals surface area contributed by atoms with Crippen LogP contribution in [0.4, 0.5) is 4.79 Å². The van der Waals surface area contributed by atoms with E-state index >= 15 is 0 Å². The van der Waals surface area contributed by atoms with Gasteiger partial charge in [-0.1, -0.05) is 31.4 Å². The summed E-state index contributed by atoms with van der Waals surface area (Å²) in [4.78, 5) is 25.5. The van der Waals surface area contributed by atoms with E-state index in [9.17, 15) is 9.59 Å². The summed E-state index contributed by atoms with van der Waals surface area (Å²) in [6, 6.07) is 10.5. The molecule has 1 aromatic heterocycles. The van der Waals surface area contributed by atoms with Crippen molar-refractivity contribution >= 4 is 29.8 Å². The molecule has 1 aromatic carbocycles. The van der Waals surface area contributed by atoms with E-state index in [4.69, 9.17) is 16.0 Å². The second kappa shape index (κ2) is 8.19. The quantitative estimate of drug-likeness (QED) is 0.410. The molecule has 0 atom stereocenters. The van der Waals surface area contributed by atoms with E-state index in [0.29, 0.717) is 23.1 Å². The van der Waals surface area contributed by atoms with Gasteiger partial charge in [0.15, 0.2) is 0 Å². The molecule has 2 heterocycles. The molecule has 6 nitrogen and oxygen atoms in total. The Bertz CT molecular complexity index is 814. The lowest BCUT2D eigenvalue weighted by atomic mass is 10.2. The highest BCUT2D eigenvalue weighted by Crippen LogP contribution is 2.23. The minimum absolute atomic E-state index is 0.0355. The van der Waals surface area contributed by atoms with Gasteiger partial charge in [0.2, 0.25) is 0 Å². The summed E-state index contributed by atoms with van der Waals surface area (Å²) in [7, 11) is 0. The highest BCUT2D eigenvalue weighted by molar-refractivity contribution is 6.30. The van der Waals surface area contributed by atoms with Crippen LogP contribution in [0.1, 0.15) is 31.9 Å². The van der Waals surface area contributed by atoms with E-state index in [1.54, 1.807) is 18.2 Å². The smallest absolute Gasteiger partial charge is 0.347 e. The number of furan rings is 1. The number of imide groups is 1. The van der Waals surface area contributed by atoms with Crippen molar-refractivity contribution in [1.29, 1.82) is 0 Å². The van der Waals surface area contributed by atoms with Crippen molar-refractivity contribution in [2.24, 2.45) is 5.10 Å². The zero-order valence-corrected chi connectivity index (χ0v) is 15.3. The van der Waals surface area contributed by atoms with Gasteiger partial charge < -0.3 is 4.42 Å². The van der Waals surface area contributed by atoms with E-state index in [2.05, 4.69) is 12.0 Å². The molecule has 1 aliphatic heterocycles. The molecule has 1 fully saturated rings. The van der Waals surface area contributed by atoms with Gasteiger partial charge in [0, 0.05) is 17.1 Å². The number of hydrazone groups is 1. The maximum Gasteiger partial charge on any atom is 0.347 e. The predicted octanol–water partition coefficient (Wildman–Crippen LogP) is 4.39. The van der Waals surface area contributed by atoms with Gasteiger partial charge >= 0.3 is 6.03 Å². The minimum Gasteiger partial charge on any atom is -0.455 e. The molecule has 0 spiro atoms. The number of urea groups is 1. The van der Waals surface area contributed by atoms with Gasteiger partial charge in [0.1, 0.15) is 18.1 Å². The Kier molecular flexibility index (Phi) is 5.73. The molecule has 0 unspecified atom stereocenters. The summed E-state index contributed by atoms with van der Waals surface area (Å²) in [5.74, 6) is 0.956. The second-order valence-corrected chi connectivity index (χ2v) is 6.48. The fourth-order valence-electron chi connectivity index (χ4n) is 2.68. The van der Waals surface area contributed by atoms with Crippen LogP contribution < -0.4 is 0 Å². The minimum atomic E-state index is -0.383. The van der Waals surface area contributed by atoms with Gasteiger partial charge in [0.05, 0.1) is 6.21 Å². The summed E-state index contributed by atoms with van der Waals surface area (Å²) in [5.41, 5.74) is 0.892. The van der Waals surface area contributed by atoms with E-state index < -0.39 is 0 Å². The van der Waals surface area contributed by atoms with Crippen LogP contribution in [0, 0.1) is 0 Å². The first-order valence-corrected chi connectivity index (χ1v) is 8.98. The predicted molar refractivity (Wildman–Crippen MR) is 100 cm³/mol. The number of halogens is 1. The molecule has 136 valence electrons. The lowest BCUT2D eigenvalue weighted by Gasteiger charge is -2.13. The van der Waals surface area contributed by atoms with Crippen LogP contribution in [-0.4, -0.2) is 41.2 Å². The molecular formula is C19H20ClN3O3. The summed E-state index contributed by atoms with van der Waals surface area (Å²) in [5, 5.41) is 5.93. The van der Waals surface area contributed by atoms with Crippen molar-refractivity contribution in [1.82, 2.24) is 9.91 Å². The van der Waals surface area contributed by atoms with Gasteiger partial charge in [-0.15, -0.1) is 0 Å². The summed E-state index contributed by atoms with van der Waals surface area (Å²) < 4.78 is 5.71. The first kappa shape index (κ1) is 18.2. The Balaban J connectivity index is 1.64. The zero-order chi connectivity index (χ0) is 18.5. The molecule has 2 aromatic rings. The third kappa shape index (κ3) is 4.14. The van der Waals surface area contributed by atoms with Crippen LogP contribution in [0.5, 0.6) is 0 Å². The average molecular weight is 374 g/mol. The first-order chi connectivity index (χ1) is 12.6. The van der Waals surface area contributed by atoms with E-state index in [1.807, 2.05) is 18.2 Å². The molecule has 26 heavy (non-hydrogen) atoms. The molecule has 0 radical (unpaired) electrons. The van der Waals surface area contributed by atoms with Crippen molar-refractivity contribution in [3.63, 3.8) is 0 Å². The largest absolute Gasteiger partial charge is 0.455 e. The highest BCUT2D eigenvalue weighted by Gasteiger charge is 2.35. The average Bonchev–Trinajstić information content (AvgIpc) is 3.20. The molecule has 3 rings (SSSR count). The standard InChI is InChI=1S/C19H20ClN3O3/c1-2-3-4-11-22-18(24)13-23(19(22)25)21-12-16-9-10-17(26-16)14-5-7-15(20)8-6-14/h5-10,12H,2-4,11,13H2,1H3/b21-12+. The Morgan fingerprint density at radius 2 is 1.92 bits per heavy atom. The number of nitrogens with zero attached hydrogens (tertiary/aromatic N) is 3. The Hall–Kier alpha value is -2.60. The van der Waals surface area contributed by atoms with Crippen molar-refractivity contribution in [3.05, 3.63) is 47.2 Å². The van der Waals surface area contributed by atoms with Gasteiger partial charge in [-0.25, -0.2) is 9.80 Å². The van der Waals surface area contributed by atoms with Gasteiger partial charge in [-0.2, -0.15) is 5.10 Å². The molecule has 0 saturated carbocycles. The number of carbonyl (C=O) groups is 2. The first-order valence-electron chi connectivity index (χ1n) is 8.60. The van der Waals surface area contributed by atoms with Gasteiger partial charge in [-0.05, 0) is 42.8 Å². The molecule has 0 bridgehead atoms. The molecule has 0 aliphatic carbocycles. The lowest BCUT2D eigenvalue weighted by Crippen LogP contribution is -2.32. The van der Waals surface area contributed by atoms with Crippen LogP contribution in [0.3, 0.4) is 0 Å². The van der Waals surface area contributed by atoms with Gasteiger partial charge in [-0.3, -0.25) is 9.69 Å². The Morgan fingerprint density at radius 3 is 2.65 bits per heavy atom. The van der Waals surface area contributed by atoms with E-state index in [-0.39, 0.29) is 18.5 Å². The van der Waals surface area contributed by atoms with E-state index in [1.165, 1.54) is 16.1 Å². The van der Waals surface area contributed by atoms with Crippen LogP contribution >= 0.6 is 11.6 Å². The summed E-state index contributed by atoms with van der Waals surface area (Å²) >= 11 is 5.88. The summed E-state index contributed by atoms with van der Waals surface area (Å²) in [6.07, 6.45) is 4.28. The summed E-state index contributed by atoms with van der Waals surface area (Å²) in [6.45, 7) is 2.48. The van der Waals surface area contributed by atoms with Crippen molar-refractivity contribution in [2.75, 3.05) is 13.1 Å². The van der Waals surface area contributed by atoms with Gasteiger partial charge in [0.25, 0.3) is 5.91 Å². The van der Waals surface area contributed by atoms with Crippen LogP contribution in [0.25, 0.3) is 11.3 Å². The second-order valence-electron chi connectivity index (χ2n) is 6.05. The number of amides is 3. The molecular weight excluding hydrogens is 354 g/mol. The topological polar surface area (TPSA) is 66.1 Å². The molecule has 1 aliphatic rings. The number of unbranched alkanes of at least 4 members (excludes halogenated alkanes) is 2. The SMILES string of the molecule is CCCCCN1C(=O)CN(/N=C/c2ccc(-c3ccc(Cl)cc3)o2)C1=O. The number of hydrogen-bond donors (Lipinski definition) is 0. The number of benzene rings is 1. The monoisotopic (exact) mass is 373 g/mol. The Labute approximate surface area is 157 Å². The molecule has 0 N–H and O–H groups in total. The van der Waals surface area contributed by atoms with Crippen molar-refractivity contribution in [3.8, 4) is 11.3 Å². The Morgan fingerprint density at radius 1 is 1.15 bits per heavy atom. The van der Waals surface area contributed by atoms with Crippen molar-refractivity contribution in [2.45, 2.75) is 26.2 Å². The maximum absolute atomic E-state index is 12.3. The lowest BCUT2D eigenvalue weighted by molar-refractivity contribution is -0.125. The fraction of sp³-hybridized carbons (Fsp3) is 0.316. The van der Waals surface area contributed by atoms with Crippen LogP contribution in [0.2, 0.25) is 5.02 Å². The highest BCUT2D eigenvalue weighted by atomic mass is 35.5. The number of rotatable bonds is 7. The fourth-order valence-corrected chi connectivity index (χ4v) is 2.80. The zero-order valence-electron chi connectivity index (χ0n) is 14.5. The van der Waals surface area contributed by atoms with Crippen LogP contribution in [-0.2, 0) is 4.79 Å². The normalized spacial score (nSPS) is 14.8. The number of carbonyl (C=O) groups excluding carboxylic acids is 2.